The van der Waals surface area contributed by atoms with Gasteiger partial charge in [-0.2, -0.15) is 0 Å². The molecular formula is C19H29NO4. The van der Waals surface area contributed by atoms with Gasteiger partial charge in [-0.1, -0.05) is 69.4 Å². The number of benzene rings is 1. The van der Waals surface area contributed by atoms with E-state index < -0.39 is 18.1 Å². The van der Waals surface area contributed by atoms with Gasteiger partial charge in [0, 0.05) is 6.42 Å². The van der Waals surface area contributed by atoms with Crippen molar-refractivity contribution in [2.75, 3.05) is 13.7 Å². The van der Waals surface area contributed by atoms with Crippen LogP contribution in [0.5, 0.6) is 0 Å². The quantitative estimate of drug-likeness (QED) is 0.493. The van der Waals surface area contributed by atoms with Crippen molar-refractivity contribution in [2.24, 2.45) is 0 Å². The Balaban J connectivity index is 2.41. The van der Waals surface area contributed by atoms with Crippen molar-refractivity contribution < 1.29 is 19.1 Å². The smallest absolute Gasteiger partial charge is 0.407 e. The van der Waals surface area contributed by atoms with Gasteiger partial charge in [-0.25, -0.2) is 9.59 Å². The highest BCUT2D eigenvalue weighted by molar-refractivity contribution is 5.81. The molecule has 0 saturated carbocycles. The lowest BCUT2D eigenvalue weighted by molar-refractivity contribution is -0.146. The number of hydrogen-bond donors (Lipinski definition) is 1. The van der Waals surface area contributed by atoms with Crippen LogP contribution in [0.3, 0.4) is 0 Å². The van der Waals surface area contributed by atoms with Crippen molar-refractivity contribution in [3.63, 3.8) is 0 Å². The summed E-state index contributed by atoms with van der Waals surface area (Å²) in [4.78, 5) is 23.7. The molecule has 1 atom stereocenters. The minimum Gasteiger partial charge on any atom is -0.464 e. The summed E-state index contributed by atoms with van der Waals surface area (Å²) in [7, 11) is 1.27. The summed E-state index contributed by atoms with van der Waals surface area (Å²) in [5.41, 5.74) is 0.954. The van der Waals surface area contributed by atoms with Gasteiger partial charge in [0.05, 0.1) is 13.7 Å². The van der Waals surface area contributed by atoms with E-state index in [0.717, 1.165) is 18.4 Å². The Hall–Kier alpha value is -2.04. The number of rotatable bonds is 11. The molecule has 1 rings (SSSR count). The van der Waals surface area contributed by atoms with Crippen molar-refractivity contribution in [2.45, 2.75) is 57.9 Å². The lowest BCUT2D eigenvalue weighted by Crippen LogP contribution is -2.43. The molecule has 0 saturated heterocycles. The average molecular weight is 335 g/mol. The van der Waals surface area contributed by atoms with E-state index in [4.69, 9.17) is 4.74 Å². The highest BCUT2D eigenvalue weighted by Gasteiger charge is 2.23. The first kappa shape index (κ1) is 20.0. The first-order chi connectivity index (χ1) is 11.7. The van der Waals surface area contributed by atoms with Gasteiger partial charge in [0.1, 0.15) is 6.04 Å². The van der Waals surface area contributed by atoms with E-state index in [2.05, 4.69) is 17.0 Å². The highest BCUT2D eigenvalue weighted by Crippen LogP contribution is 2.07. The van der Waals surface area contributed by atoms with E-state index in [-0.39, 0.29) is 0 Å². The summed E-state index contributed by atoms with van der Waals surface area (Å²) in [6, 6.07) is 8.78. The van der Waals surface area contributed by atoms with E-state index in [1.54, 1.807) is 0 Å². The van der Waals surface area contributed by atoms with E-state index >= 15 is 0 Å². The van der Waals surface area contributed by atoms with Gasteiger partial charge >= 0.3 is 12.1 Å². The number of ether oxygens (including phenoxy) is 2. The van der Waals surface area contributed by atoms with Crippen molar-refractivity contribution in [1.82, 2.24) is 5.32 Å². The van der Waals surface area contributed by atoms with Crippen molar-refractivity contribution in [1.29, 1.82) is 0 Å². The van der Waals surface area contributed by atoms with E-state index in [0.29, 0.717) is 13.0 Å². The molecular weight excluding hydrogens is 306 g/mol. The average Bonchev–Trinajstić information content (AvgIpc) is 2.61. The lowest BCUT2D eigenvalue weighted by atomic mass is 10.1. The Kier molecular flexibility index (Phi) is 10.3. The summed E-state index contributed by atoms with van der Waals surface area (Å²) in [5, 5.41) is 2.55. The van der Waals surface area contributed by atoms with Gasteiger partial charge in [-0.3, -0.25) is 0 Å². The minimum absolute atomic E-state index is 0.380. The SMILES string of the molecule is CCCCCCCCOC(=O)[C@H](Cc1ccccc1)NC(=O)OC. The number of esters is 1. The van der Waals surface area contributed by atoms with Crippen LogP contribution in [0, 0.1) is 0 Å². The molecule has 0 aromatic heterocycles. The standard InChI is InChI=1S/C19H29NO4/c1-3-4-5-6-7-11-14-24-18(21)17(20-19(22)23-2)15-16-12-9-8-10-13-16/h8-10,12-13,17H,3-7,11,14-15H2,1-2H3,(H,20,22)/t17-/m0/s1. The maximum Gasteiger partial charge on any atom is 0.407 e. The largest absolute Gasteiger partial charge is 0.464 e. The second-order valence-electron chi connectivity index (χ2n) is 5.81. The fourth-order valence-corrected chi connectivity index (χ4v) is 2.40. The Bertz CT molecular complexity index is 476. The third kappa shape index (κ3) is 8.56. The molecule has 0 fully saturated rings. The van der Waals surface area contributed by atoms with Crippen LogP contribution in [-0.4, -0.2) is 31.8 Å². The van der Waals surface area contributed by atoms with Gasteiger partial charge in [0.2, 0.25) is 0 Å². The second-order valence-corrected chi connectivity index (χ2v) is 5.81. The van der Waals surface area contributed by atoms with Crippen LogP contribution in [0.15, 0.2) is 30.3 Å². The molecule has 5 nitrogen and oxygen atoms in total. The van der Waals surface area contributed by atoms with E-state index in [1.807, 2.05) is 30.3 Å². The summed E-state index contributed by atoms with van der Waals surface area (Å²) in [5.74, 6) is -0.419. The summed E-state index contributed by atoms with van der Waals surface area (Å²) < 4.78 is 9.91. The fourth-order valence-electron chi connectivity index (χ4n) is 2.40. The summed E-state index contributed by atoms with van der Waals surface area (Å²) in [6.45, 7) is 2.57. The molecule has 1 N–H and O–H groups in total. The first-order valence-electron chi connectivity index (χ1n) is 8.72. The zero-order valence-electron chi connectivity index (χ0n) is 14.8. The predicted molar refractivity (Wildman–Crippen MR) is 93.8 cm³/mol. The number of carbonyl (C=O) groups is 2. The van der Waals surface area contributed by atoms with Gasteiger partial charge in [0.25, 0.3) is 0 Å². The number of amides is 1. The molecule has 0 bridgehead atoms. The minimum atomic E-state index is -0.736. The maximum absolute atomic E-state index is 12.2. The van der Waals surface area contributed by atoms with E-state index in [1.165, 1.54) is 32.8 Å². The van der Waals surface area contributed by atoms with Gasteiger partial charge in [-0.05, 0) is 12.0 Å². The van der Waals surface area contributed by atoms with Crippen molar-refractivity contribution in [3.05, 3.63) is 35.9 Å². The van der Waals surface area contributed by atoms with Crippen LogP contribution in [-0.2, 0) is 20.7 Å². The number of methoxy groups -OCH3 is 1. The van der Waals surface area contributed by atoms with Gasteiger partial charge < -0.3 is 14.8 Å². The molecule has 1 amide bonds. The van der Waals surface area contributed by atoms with Crippen LogP contribution in [0.2, 0.25) is 0 Å². The maximum atomic E-state index is 12.2. The monoisotopic (exact) mass is 335 g/mol. The Morgan fingerprint density at radius 2 is 1.71 bits per heavy atom. The normalized spacial score (nSPS) is 11.6. The fraction of sp³-hybridized carbons (Fsp3) is 0.579. The molecule has 24 heavy (non-hydrogen) atoms. The number of nitrogens with one attached hydrogen (secondary N) is 1. The topological polar surface area (TPSA) is 64.6 Å². The van der Waals surface area contributed by atoms with Crippen LogP contribution in [0.1, 0.15) is 51.0 Å². The van der Waals surface area contributed by atoms with Crippen LogP contribution in [0.4, 0.5) is 4.79 Å². The highest BCUT2D eigenvalue weighted by atomic mass is 16.5. The molecule has 134 valence electrons. The van der Waals surface area contributed by atoms with Crippen LogP contribution < -0.4 is 5.32 Å². The third-order valence-corrected chi connectivity index (χ3v) is 3.79. The Labute approximate surface area is 144 Å². The Morgan fingerprint density at radius 1 is 1.04 bits per heavy atom. The number of hydrogen-bond acceptors (Lipinski definition) is 4. The third-order valence-electron chi connectivity index (χ3n) is 3.79. The number of unbranched alkanes of at least 4 members (excludes halogenated alkanes) is 5. The number of carbonyl (C=O) groups excluding carboxylic acids is 2. The summed E-state index contributed by atoms with van der Waals surface area (Å²) >= 11 is 0. The van der Waals surface area contributed by atoms with Crippen molar-refractivity contribution in [3.8, 4) is 0 Å². The molecule has 0 aliphatic heterocycles. The van der Waals surface area contributed by atoms with E-state index in [9.17, 15) is 9.59 Å². The zero-order chi connectivity index (χ0) is 17.6. The number of alkyl carbamates (subject to hydrolysis) is 1. The molecule has 1 aromatic carbocycles. The molecule has 0 unspecified atom stereocenters. The lowest BCUT2D eigenvalue weighted by Gasteiger charge is -2.17. The molecule has 5 heteroatoms. The Morgan fingerprint density at radius 3 is 2.38 bits per heavy atom. The van der Waals surface area contributed by atoms with Crippen molar-refractivity contribution >= 4 is 12.1 Å². The summed E-state index contributed by atoms with van der Waals surface area (Å²) in [6.07, 6.45) is 6.52. The van der Waals surface area contributed by atoms with Gasteiger partial charge in [0.15, 0.2) is 0 Å². The zero-order valence-corrected chi connectivity index (χ0v) is 14.8. The van der Waals surface area contributed by atoms with Gasteiger partial charge in [-0.15, -0.1) is 0 Å². The molecule has 0 spiro atoms. The predicted octanol–water partition coefficient (Wildman–Crippen LogP) is 3.86. The van der Waals surface area contributed by atoms with Crippen LogP contribution in [0.25, 0.3) is 0 Å². The molecule has 0 aliphatic rings. The second kappa shape index (κ2) is 12.4. The molecule has 0 radical (unpaired) electrons. The molecule has 0 aliphatic carbocycles. The molecule has 1 aromatic rings. The first-order valence-corrected chi connectivity index (χ1v) is 8.72. The van der Waals surface area contributed by atoms with Crippen LogP contribution >= 0.6 is 0 Å². The molecule has 0 heterocycles.